The van der Waals surface area contributed by atoms with E-state index in [0.29, 0.717) is 30.2 Å². The molecule has 0 saturated carbocycles. The fourth-order valence-electron chi connectivity index (χ4n) is 3.47. The molecule has 1 N–H and O–H groups in total. The van der Waals surface area contributed by atoms with Crippen LogP contribution in [0.25, 0.3) is 0 Å². The van der Waals surface area contributed by atoms with Gasteiger partial charge in [-0.25, -0.2) is 0 Å². The number of nitrogens with zero attached hydrogens (tertiary/aromatic N) is 2. The van der Waals surface area contributed by atoms with Crippen LogP contribution in [0.15, 0.2) is 46.6 Å². The van der Waals surface area contributed by atoms with Gasteiger partial charge < -0.3 is 14.6 Å². The second kappa shape index (κ2) is 8.25. The molecule has 5 heteroatoms. The Morgan fingerprint density at radius 3 is 2.22 bits per heavy atom. The normalized spacial score (nSPS) is 16.1. The summed E-state index contributed by atoms with van der Waals surface area (Å²) in [5, 5.41) is 19.3. The molecular weight excluding hydrogens is 340 g/mol. The number of fused-ring (bicyclic) bond motifs is 1. The molecule has 0 fully saturated rings. The predicted octanol–water partition coefficient (Wildman–Crippen LogP) is 4.91. The fourth-order valence-corrected chi connectivity index (χ4v) is 3.47. The molecular formula is C22H26N2O3. The van der Waals surface area contributed by atoms with E-state index in [1.54, 1.807) is 12.1 Å². The van der Waals surface area contributed by atoms with E-state index in [1.165, 1.54) is 0 Å². The zero-order valence-corrected chi connectivity index (χ0v) is 16.3. The van der Waals surface area contributed by atoms with Gasteiger partial charge in [0.15, 0.2) is 11.5 Å². The molecule has 27 heavy (non-hydrogen) atoms. The maximum absolute atomic E-state index is 10.4. The Labute approximate surface area is 160 Å². The molecule has 0 saturated heterocycles. The number of phenols is 1. The number of ether oxygens (including phenoxy) is 2. The van der Waals surface area contributed by atoms with Crippen molar-refractivity contribution in [2.24, 2.45) is 10.2 Å². The van der Waals surface area contributed by atoms with Gasteiger partial charge in [0.2, 0.25) is 0 Å². The number of rotatable bonds is 6. The Morgan fingerprint density at radius 1 is 0.926 bits per heavy atom. The van der Waals surface area contributed by atoms with Gasteiger partial charge in [-0.1, -0.05) is 19.1 Å². The number of hydrogen-bond acceptors (Lipinski definition) is 5. The van der Waals surface area contributed by atoms with Crippen molar-refractivity contribution in [3.63, 3.8) is 0 Å². The van der Waals surface area contributed by atoms with Crippen LogP contribution in [0.1, 0.15) is 56.7 Å². The van der Waals surface area contributed by atoms with Crippen LogP contribution >= 0.6 is 0 Å². The molecule has 5 nitrogen and oxygen atoms in total. The van der Waals surface area contributed by atoms with E-state index < -0.39 is 0 Å². The minimum absolute atomic E-state index is 0.127. The van der Waals surface area contributed by atoms with Gasteiger partial charge in [0.25, 0.3) is 0 Å². The molecule has 1 aliphatic heterocycles. The summed E-state index contributed by atoms with van der Waals surface area (Å²) in [5.74, 6) is 1.71. The number of hydrogen-bond donors (Lipinski definition) is 1. The van der Waals surface area contributed by atoms with Crippen molar-refractivity contribution in [1.29, 1.82) is 0 Å². The third-order valence-electron chi connectivity index (χ3n) is 4.73. The molecule has 0 aromatic heterocycles. The molecule has 142 valence electrons. The van der Waals surface area contributed by atoms with E-state index in [4.69, 9.17) is 9.47 Å². The van der Waals surface area contributed by atoms with Crippen molar-refractivity contribution in [2.45, 2.75) is 40.0 Å². The Kier molecular flexibility index (Phi) is 5.79. The third-order valence-corrected chi connectivity index (χ3v) is 4.73. The second-order valence-electron chi connectivity index (χ2n) is 6.42. The van der Waals surface area contributed by atoms with Crippen LogP contribution in [0.5, 0.6) is 17.2 Å². The summed E-state index contributed by atoms with van der Waals surface area (Å²) in [6.45, 7) is 9.13. The van der Waals surface area contributed by atoms with Gasteiger partial charge in [-0.15, -0.1) is 5.10 Å². The molecule has 1 atom stereocenters. The largest absolute Gasteiger partial charge is 0.507 e. The van der Waals surface area contributed by atoms with Crippen molar-refractivity contribution in [3.05, 3.63) is 53.1 Å². The Morgan fingerprint density at radius 2 is 1.59 bits per heavy atom. The first-order chi connectivity index (χ1) is 13.1. The van der Waals surface area contributed by atoms with Crippen molar-refractivity contribution in [3.8, 4) is 17.2 Å². The number of benzene rings is 2. The smallest absolute Gasteiger partial charge is 0.161 e. The first-order valence-corrected chi connectivity index (χ1v) is 9.45. The SMILES string of the molecule is CCOc1cc2c(cc1OCC)C(CC)C(C)=NN=C2c1ccccc1O. The fraction of sp³-hybridized carbons (Fsp3) is 0.364. The van der Waals surface area contributed by atoms with E-state index in [1.807, 2.05) is 45.0 Å². The lowest BCUT2D eigenvalue weighted by atomic mass is 9.85. The molecule has 0 bridgehead atoms. The molecule has 0 radical (unpaired) electrons. The van der Waals surface area contributed by atoms with Gasteiger partial charge in [-0.2, -0.15) is 5.10 Å². The lowest BCUT2D eigenvalue weighted by Gasteiger charge is -2.21. The standard InChI is InChI=1S/C22H26N2O3/c1-5-15-14(4)23-24-22(16-10-8-9-11-19(16)25)18-13-21(27-7-3)20(26-6-2)12-17(15)18/h8-13,15,25H,5-7H2,1-4H3. The minimum Gasteiger partial charge on any atom is -0.507 e. The molecule has 1 heterocycles. The maximum atomic E-state index is 10.4. The highest BCUT2D eigenvalue weighted by Crippen LogP contribution is 2.39. The van der Waals surface area contributed by atoms with Crippen molar-refractivity contribution in [2.75, 3.05) is 13.2 Å². The lowest BCUT2D eigenvalue weighted by molar-refractivity contribution is 0.287. The topological polar surface area (TPSA) is 63.4 Å². The Balaban J connectivity index is 2.28. The van der Waals surface area contributed by atoms with E-state index >= 15 is 0 Å². The summed E-state index contributed by atoms with van der Waals surface area (Å²) in [4.78, 5) is 0. The van der Waals surface area contributed by atoms with Crippen LogP contribution in [0.4, 0.5) is 0 Å². The monoisotopic (exact) mass is 366 g/mol. The van der Waals surface area contributed by atoms with Crippen LogP contribution in [-0.2, 0) is 0 Å². The summed E-state index contributed by atoms with van der Waals surface area (Å²) in [6, 6.07) is 11.2. The van der Waals surface area contributed by atoms with E-state index in [2.05, 4.69) is 17.1 Å². The summed E-state index contributed by atoms with van der Waals surface area (Å²) in [6.07, 6.45) is 0.894. The molecule has 1 aliphatic rings. The maximum Gasteiger partial charge on any atom is 0.161 e. The summed E-state index contributed by atoms with van der Waals surface area (Å²) < 4.78 is 11.7. The van der Waals surface area contributed by atoms with Crippen molar-refractivity contribution >= 4 is 11.4 Å². The highest BCUT2D eigenvalue weighted by Gasteiger charge is 2.27. The van der Waals surface area contributed by atoms with Gasteiger partial charge in [-0.3, -0.25) is 0 Å². The Hall–Kier alpha value is -2.82. The van der Waals surface area contributed by atoms with E-state index in [0.717, 1.165) is 29.0 Å². The molecule has 0 spiro atoms. The lowest BCUT2D eigenvalue weighted by Crippen LogP contribution is -2.13. The second-order valence-corrected chi connectivity index (χ2v) is 6.42. The van der Waals surface area contributed by atoms with Crippen LogP contribution in [0.3, 0.4) is 0 Å². The summed E-state index contributed by atoms with van der Waals surface area (Å²) >= 11 is 0. The minimum atomic E-state index is 0.127. The average molecular weight is 366 g/mol. The predicted molar refractivity (Wildman–Crippen MR) is 109 cm³/mol. The average Bonchev–Trinajstić information content (AvgIpc) is 2.79. The highest BCUT2D eigenvalue weighted by atomic mass is 16.5. The van der Waals surface area contributed by atoms with E-state index in [-0.39, 0.29) is 11.7 Å². The molecule has 0 aliphatic carbocycles. The number of phenolic OH excluding ortho intramolecular Hbond substituents is 1. The van der Waals surface area contributed by atoms with Crippen molar-refractivity contribution in [1.82, 2.24) is 0 Å². The summed E-state index contributed by atoms with van der Waals surface area (Å²) in [7, 11) is 0. The van der Waals surface area contributed by atoms with Gasteiger partial charge >= 0.3 is 0 Å². The first kappa shape index (κ1) is 19.0. The van der Waals surface area contributed by atoms with Crippen molar-refractivity contribution < 1.29 is 14.6 Å². The Bertz CT molecular complexity index is 887. The van der Waals surface area contributed by atoms with E-state index in [9.17, 15) is 5.11 Å². The zero-order valence-electron chi connectivity index (χ0n) is 16.3. The number of aromatic hydroxyl groups is 1. The van der Waals surface area contributed by atoms with Crippen LogP contribution in [0, 0.1) is 0 Å². The van der Waals surface area contributed by atoms with Gasteiger partial charge in [0, 0.05) is 22.8 Å². The van der Waals surface area contributed by atoms with Crippen LogP contribution < -0.4 is 9.47 Å². The number of para-hydroxylation sites is 1. The van der Waals surface area contributed by atoms with Gasteiger partial charge in [-0.05, 0) is 57.0 Å². The van der Waals surface area contributed by atoms with Crippen LogP contribution in [-0.4, -0.2) is 29.7 Å². The molecule has 2 aromatic carbocycles. The quantitative estimate of drug-likeness (QED) is 0.790. The highest BCUT2D eigenvalue weighted by molar-refractivity contribution is 6.17. The van der Waals surface area contributed by atoms with Crippen LogP contribution in [0.2, 0.25) is 0 Å². The molecule has 1 unspecified atom stereocenters. The zero-order chi connectivity index (χ0) is 19.4. The molecule has 2 aromatic rings. The summed E-state index contributed by atoms with van der Waals surface area (Å²) in [5.41, 5.74) is 4.23. The van der Waals surface area contributed by atoms with Gasteiger partial charge in [0.1, 0.15) is 11.5 Å². The van der Waals surface area contributed by atoms with Gasteiger partial charge in [0.05, 0.1) is 13.2 Å². The molecule has 3 rings (SSSR count). The third kappa shape index (κ3) is 3.68. The molecule has 0 amide bonds. The first-order valence-electron chi connectivity index (χ1n) is 9.45.